The number of methoxy groups -OCH3 is 2. The van der Waals surface area contributed by atoms with E-state index in [1.165, 1.54) is 7.11 Å². The monoisotopic (exact) mass is 480 g/mol. The van der Waals surface area contributed by atoms with Crippen LogP contribution in [0.4, 0.5) is 11.4 Å². The molecule has 0 aliphatic carbocycles. The number of carbonyl (C=O) groups excluding carboxylic acids is 2. The Hall–Kier alpha value is -3.43. The molecule has 3 aromatic rings. The van der Waals surface area contributed by atoms with Crippen molar-refractivity contribution in [1.82, 2.24) is 9.55 Å². The number of nitrogens with zero attached hydrogens (tertiary/aromatic N) is 2. The predicted octanol–water partition coefficient (Wildman–Crippen LogP) is 3.63. The Balaban J connectivity index is 1.68. The Morgan fingerprint density at radius 1 is 1.17 bits per heavy atom. The SMILES string of the molecule is COCCn1c(C(=O)OC)c(NC(=O)CCc2ccccc2)c2cc(NC3CCOCC3)cnc21. The fourth-order valence-corrected chi connectivity index (χ4v) is 4.32. The van der Waals surface area contributed by atoms with Crippen molar-refractivity contribution in [3.8, 4) is 0 Å². The number of fused-ring (bicyclic) bond motifs is 1. The van der Waals surface area contributed by atoms with Gasteiger partial charge < -0.3 is 29.4 Å². The third-order valence-electron chi connectivity index (χ3n) is 6.14. The number of hydrogen-bond donors (Lipinski definition) is 2. The molecule has 0 bridgehead atoms. The van der Waals surface area contributed by atoms with Crippen molar-refractivity contribution < 1.29 is 23.8 Å². The lowest BCUT2D eigenvalue weighted by Crippen LogP contribution is -2.27. The average molecular weight is 481 g/mol. The van der Waals surface area contributed by atoms with E-state index in [1.54, 1.807) is 17.9 Å². The van der Waals surface area contributed by atoms with Gasteiger partial charge in [-0.05, 0) is 30.9 Å². The third-order valence-corrected chi connectivity index (χ3v) is 6.14. The molecule has 9 nitrogen and oxygen atoms in total. The molecule has 0 unspecified atom stereocenters. The van der Waals surface area contributed by atoms with Crippen LogP contribution in [0, 0.1) is 0 Å². The Morgan fingerprint density at radius 2 is 1.94 bits per heavy atom. The molecule has 1 saturated heterocycles. The predicted molar refractivity (Wildman–Crippen MR) is 134 cm³/mol. The quantitative estimate of drug-likeness (QED) is 0.427. The highest BCUT2D eigenvalue weighted by Gasteiger charge is 2.26. The van der Waals surface area contributed by atoms with Crippen molar-refractivity contribution in [2.75, 3.05) is 44.7 Å². The third kappa shape index (κ3) is 5.98. The van der Waals surface area contributed by atoms with Crippen LogP contribution in [0.1, 0.15) is 35.3 Å². The van der Waals surface area contributed by atoms with Crippen LogP contribution in [0.5, 0.6) is 0 Å². The van der Waals surface area contributed by atoms with E-state index >= 15 is 0 Å². The van der Waals surface area contributed by atoms with Gasteiger partial charge in [-0.15, -0.1) is 0 Å². The summed E-state index contributed by atoms with van der Waals surface area (Å²) in [5.74, 6) is -0.732. The molecule has 1 fully saturated rings. The topological polar surface area (TPSA) is 104 Å². The molecule has 186 valence electrons. The fourth-order valence-electron chi connectivity index (χ4n) is 4.32. The van der Waals surface area contributed by atoms with E-state index in [4.69, 9.17) is 14.2 Å². The van der Waals surface area contributed by atoms with Crippen LogP contribution in [0.2, 0.25) is 0 Å². The van der Waals surface area contributed by atoms with Crippen LogP contribution in [-0.2, 0) is 32.0 Å². The molecule has 1 aliphatic heterocycles. The number of esters is 1. The molecule has 1 aliphatic rings. The first-order chi connectivity index (χ1) is 17.1. The molecule has 1 amide bonds. The number of carbonyl (C=O) groups is 2. The number of nitrogens with one attached hydrogen (secondary N) is 2. The molecular weight excluding hydrogens is 448 g/mol. The second kappa shape index (κ2) is 11.8. The smallest absolute Gasteiger partial charge is 0.356 e. The Bertz CT molecular complexity index is 1160. The number of aryl methyl sites for hydroxylation is 1. The molecule has 0 spiro atoms. The van der Waals surface area contributed by atoms with Crippen molar-refractivity contribution in [3.63, 3.8) is 0 Å². The summed E-state index contributed by atoms with van der Waals surface area (Å²) in [7, 11) is 2.92. The lowest BCUT2D eigenvalue weighted by molar-refractivity contribution is -0.116. The van der Waals surface area contributed by atoms with E-state index in [0.717, 1.165) is 37.3 Å². The van der Waals surface area contributed by atoms with Crippen molar-refractivity contribution in [2.24, 2.45) is 0 Å². The highest BCUT2D eigenvalue weighted by atomic mass is 16.5. The maximum Gasteiger partial charge on any atom is 0.356 e. The van der Waals surface area contributed by atoms with Gasteiger partial charge in [0.05, 0.1) is 31.3 Å². The van der Waals surface area contributed by atoms with Gasteiger partial charge in [-0.25, -0.2) is 9.78 Å². The van der Waals surface area contributed by atoms with E-state index in [0.29, 0.717) is 36.3 Å². The van der Waals surface area contributed by atoms with E-state index in [9.17, 15) is 9.59 Å². The number of amides is 1. The first kappa shape index (κ1) is 24.7. The lowest BCUT2D eigenvalue weighted by Gasteiger charge is -2.24. The van der Waals surface area contributed by atoms with Gasteiger partial charge in [-0.1, -0.05) is 30.3 Å². The average Bonchev–Trinajstić information content (AvgIpc) is 3.19. The summed E-state index contributed by atoms with van der Waals surface area (Å²) >= 11 is 0. The van der Waals surface area contributed by atoms with Gasteiger partial charge in [0, 0.05) is 44.7 Å². The van der Waals surface area contributed by atoms with Gasteiger partial charge in [0.15, 0.2) is 5.69 Å². The van der Waals surface area contributed by atoms with Crippen LogP contribution in [0.15, 0.2) is 42.6 Å². The Morgan fingerprint density at radius 3 is 2.66 bits per heavy atom. The molecular formula is C26H32N4O5. The minimum Gasteiger partial charge on any atom is -0.464 e. The highest BCUT2D eigenvalue weighted by Crippen LogP contribution is 2.33. The zero-order valence-corrected chi connectivity index (χ0v) is 20.2. The van der Waals surface area contributed by atoms with Gasteiger partial charge in [-0.2, -0.15) is 0 Å². The van der Waals surface area contributed by atoms with Crippen molar-refractivity contribution >= 4 is 34.3 Å². The molecule has 0 atom stereocenters. The largest absolute Gasteiger partial charge is 0.464 e. The zero-order chi connectivity index (χ0) is 24.6. The lowest BCUT2D eigenvalue weighted by atomic mass is 10.1. The van der Waals surface area contributed by atoms with Gasteiger partial charge in [-0.3, -0.25) is 4.79 Å². The number of pyridine rings is 1. The Labute approximate surface area is 204 Å². The molecule has 35 heavy (non-hydrogen) atoms. The standard InChI is InChI=1S/C26H32N4O5/c1-33-15-12-30-24(26(32)34-2)23(29-22(31)9-8-18-6-4-3-5-7-18)21-16-20(17-27-25(21)30)28-19-10-13-35-14-11-19/h3-7,16-17,19,28H,8-15H2,1-2H3,(H,29,31). The minimum absolute atomic E-state index is 0.187. The van der Waals surface area contributed by atoms with E-state index in [2.05, 4.69) is 15.6 Å². The van der Waals surface area contributed by atoms with Crippen molar-refractivity contribution in [3.05, 3.63) is 53.9 Å². The van der Waals surface area contributed by atoms with E-state index in [1.807, 2.05) is 36.4 Å². The van der Waals surface area contributed by atoms with Gasteiger partial charge in [0.1, 0.15) is 5.65 Å². The molecule has 3 heterocycles. The molecule has 2 N–H and O–H groups in total. The summed E-state index contributed by atoms with van der Waals surface area (Å²) in [6, 6.07) is 12.0. The van der Waals surface area contributed by atoms with Crippen LogP contribution < -0.4 is 10.6 Å². The van der Waals surface area contributed by atoms with E-state index in [-0.39, 0.29) is 24.1 Å². The van der Waals surface area contributed by atoms with Gasteiger partial charge >= 0.3 is 5.97 Å². The summed E-state index contributed by atoms with van der Waals surface area (Å²) < 4.78 is 17.5. The zero-order valence-electron chi connectivity index (χ0n) is 20.2. The van der Waals surface area contributed by atoms with E-state index < -0.39 is 5.97 Å². The van der Waals surface area contributed by atoms with Crippen LogP contribution in [0.25, 0.3) is 11.0 Å². The number of rotatable bonds is 10. The molecule has 2 aromatic heterocycles. The van der Waals surface area contributed by atoms with Crippen LogP contribution in [0.3, 0.4) is 0 Å². The number of ether oxygens (including phenoxy) is 3. The number of aromatic nitrogens is 2. The molecule has 1 aromatic carbocycles. The first-order valence-electron chi connectivity index (χ1n) is 11.9. The van der Waals surface area contributed by atoms with Gasteiger partial charge in [0.2, 0.25) is 5.91 Å². The van der Waals surface area contributed by atoms with Gasteiger partial charge in [0.25, 0.3) is 0 Å². The summed E-state index contributed by atoms with van der Waals surface area (Å²) in [6.45, 7) is 2.20. The maximum absolute atomic E-state index is 13.0. The molecule has 0 radical (unpaired) electrons. The second-order valence-electron chi connectivity index (χ2n) is 8.52. The van der Waals surface area contributed by atoms with Crippen molar-refractivity contribution in [1.29, 1.82) is 0 Å². The highest BCUT2D eigenvalue weighted by molar-refractivity contribution is 6.11. The first-order valence-corrected chi connectivity index (χ1v) is 11.9. The summed E-state index contributed by atoms with van der Waals surface area (Å²) in [6.07, 6.45) is 4.44. The summed E-state index contributed by atoms with van der Waals surface area (Å²) in [5.41, 5.74) is 3.14. The fraction of sp³-hybridized carbons (Fsp3) is 0.423. The van der Waals surface area contributed by atoms with Crippen LogP contribution >= 0.6 is 0 Å². The maximum atomic E-state index is 13.0. The number of anilines is 2. The molecule has 4 rings (SSSR count). The second-order valence-corrected chi connectivity index (χ2v) is 8.52. The number of benzene rings is 1. The normalized spacial score (nSPS) is 14.1. The van der Waals surface area contributed by atoms with Crippen molar-refractivity contribution in [2.45, 2.75) is 38.3 Å². The van der Waals surface area contributed by atoms with Crippen LogP contribution in [-0.4, -0.2) is 61.5 Å². The Kier molecular flexibility index (Phi) is 8.33. The summed E-state index contributed by atoms with van der Waals surface area (Å²) in [5, 5.41) is 7.16. The number of hydrogen-bond acceptors (Lipinski definition) is 7. The molecule has 9 heteroatoms. The summed E-state index contributed by atoms with van der Waals surface area (Å²) in [4.78, 5) is 30.5. The minimum atomic E-state index is -0.545. The molecule has 0 saturated carbocycles.